The summed E-state index contributed by atoms with van der Waals surface area (Å²) in [6, 6.07) is 0. The second-order valence-corrected chi connectivity index (χ2v) is 4.78. The molecule has 0 amide bonds. The van der Waals surface area contributed by atoms with Crippen molar-refractivity contribution < 1.29 is 9.47 Å². The lowest BCUT2D eigenvalue weighted by atomic mass is 9.95. The molecule has 1 heterocycles. The van der Waals surface area contributed by atoms with Crippen LogP contribution in [0.1, 0.15) is 31.4 Å². The minimum Gasteiger partial charge on any atom is -0.473 e. The molecule has 2 N–H and O–H groups in total. The minimum absolute atomic E-state index is 0.0912. The molecule has 2 rings (SSSR count). The van der Waals surface area contributed by atoms with Crippen molar-refractivity contribution in [2.75, 3.05) is 7.11 Å². The molecule has 0 saturated heterocycles. The summed E-state index contributed by atoms with van der Waals surface area (Å²) in [5, 5.41) is 0. The van der Waals surface area contributed by atoms with Crippen LogP contribution in [0.5, 0.6) is 5.88 Å². The molecule has 1 aliphatic rings. The largest absolute Gasteiger partial charge is 0.473 e. The lowest BCUT2D eigenvalue weighted by Gasteiger charge is -2.28. The summed E-state index contributed by atoms with van der Waals surface area (Å²) in [6.07, 6.45) is 7.51. The number of methoxy groups -OCH3 is 1. The van der Waals surface area contributed by atoms with Gasteiger partial charge in [0.15, 0.2) is 5.69 Å². The number of nitrogens with zero attached hydrogens (tertiary/aromatic N) is 2. The summed E-state index contributed by atoms with van der Waals surface area (Å²) in [7, 11) is 1.73. The van der Waals surface area contributed by atoms with Gasteiger partial charge in [-0.2, -0.15) is 0 Å². The maximum absolute atomic E-state index is 5.86. The summed E-state index contributed by atoms with van der Waals surface area (Å²) in [5.74, 6) is 0.423. The topological polar surface area (TPSA) is 70.3 Å². The number of ether oxygens (including phenoxy) is 2. The molecule has 0 radical (unpaired) electrons. The molecule has 0 aromatic carbocycles. The van der Waals surface area contributed by atoms with Gasteiger partial charge in [-0.25, -0.2) is 9.97 Å². The predicted octanol–water partition coefficient (Wildman–Crippen LogP) is 1.45. The summed E-state index contributed by atoms with van der Waals surface area (Å²) in [5.41, 5.74) is 6.05. The SMILES string of the molecule is COC1CCCC(Oc2nccnc2C(N)=S)C1. The molecule has 1 aliphatic carbocycles. The molecule has 1 aromatic heterocycles. The normalized spacial score (nSPS) is 23.6. The van der Waals surface area contributed by atoms with Gasteiger partial charge in [-0.3, -0.25) is 0 Å². The zero-order valence-electron chi connectivity index (χ0n) is 10.3. The first-order valence-electron chi connectivity index (χ1n) is 6.01. The highest BCUT2D eigenvalue weighted by atomic mass is 32.1. The Hall–Kier alpha value is -1.27. The van der Waals surface area contributed by atoms with Gasteiger partial charge in [-0.1, -0.05) is 12.2 Å². The number of aromatic nitrogens is 2. The van der Waals surface area contributed by atoms with Crippen LogP contribution in [0.4, 0.5) is 0 Å². The predicted molar refractivity (Wildman–Crippen MR) is 71.6 cm³/mol. The minimum atomic E-state index is 0.0912. The molecule has 2 atom stereocenters. The van der Waals surface area contributed by atoms with Crippen LogP contribution in [-0.4, -0.2) is 34.3 Å². The van der Waals surface area contributed by atoms with Crippen LogP contribution in [-0.2, 0) is 4.74 Å². The van der Waals surface area contributed by atoms with E-state index in [0.717, 1.165) is 25.7 Å². The first-order chi connectivity index (χ1) is 8.70. The van der Waals surface area contributed by atoms with Gasteiger partial charge >= 0.3 is 0 Å². The Labute approximate surface area is 112 Å². The van der Waals surface area contributed by atoms with E-state index in [2.05, 4.69) is 9.97 Å². The van der Waals surface area contributed by atoms with Crippen molar-refractivity contribution in [2.24, 2.45) is 5.73 Å². The lowest BCUT2D eigenvalue weighted by Crippen LogP contribution is -2.30. The Balaban J connectivity index is 2.07. The van der Waals surface area contributed by atoms with E-state index in [1.165, 1.54) is 0 Å². The van der Waals surface area contributed by atoms with E-state index in [-0.39, 0.29) is 17.2 Å². The fourth-order valence-electron chi connectivity index (χ4n) is 2.16. The van der Waals surface area contributed by atoms with E-state index < -0.39 is 0 Å². The maximum Gasteiger partial charge on any atom is 0.243 e. The Morgan fingerprint density at radius 2 is 2.06 bits per heavy atom. The number of thiocarbonyl (C=S) groups is 1. The number of hydrogen-bond acceptors (Lipinski definition) is 5. The Morgan fingerprint density at radius 1 is 1.33 bits per heavy atom. The van der Waals surface area contributed by atoms with Gasteiger partial charge in [0, 0.05) is 25.9 Å². The average Bonchev–Trinajstić information content (AvgIpc) is 2.39. The van der Waals surface area contributed by atoms with Crippen molar-refractivity contribution >= 4 is 17.2 Å². The standard InChI is InChI=1S/C12H17N3O2S/c1-16-8-3-2-4-9(7-8)17-12-10(11(13)18)14-5-6-15-12/h5-6,8-9H,2-4,7H2,1H3,(H2,13,18). The highest BCUT2D eigenvalue weighted by Gasteiger charge is 2.24. The smallest absolute Gasteiger partial charge is 0.243 e. The third-order valence-corrected chi connectivity index (χ3v) is 3.28. The van der Waals surface area contributed by atoms with Crippen LogP contribution in [0.25, 0.3) is 0 Å². The van der Waals surface area contributed by atoms with Crippen molar-refractivity contribution in [3.8, 4) is 5.88 Å². The van der Waals surface area contributed by atoms with Crippen molar-refractivity contribution in [3.05, 3.63) is 18.1 Å². The van der Waals surface area contributed by atoms with E-state index in [9.17, 15) is 0 Å². The first kappa shape index (κ1) is 13.2. The van der Waals surface area contributed by atoms with Crippen LogP contribution >= 0.6 is 12.2 Å². The Bertz CT molecular complexity index is 428. The van der Waals surface area contributed by atoms with Gasteiger partial charge in [-0.15, -0.1) is 0 Å². The van der Waals surface area contributed by atoms with Gasteiger partial charge in [0.1, 0.15) is 11.1 Å². The summed E-state index contributed by atoms with van der Waals surface area (Å²) in [6.45, 7) is 0. The highest BCUT2D eigenvalue weighted by molar-refractivity contribution is 7.80. The second kappa shape index (κ2) is 6.06. The molecule has 2 unspecified atom stereocenters. The van der Waals surface area contributed by atoms with Crippen LogP contribution < -0.4 is 10.5 Å². The van der Waals surface area contributed by atoms with Gasteiger partial charge in [0.25, 0.3) is 0 Å². The van der Waals surface area contributed by atoms with E-state index >= 15 is 0 Å². The van der Waals surface area contributed by atoms with Crippen molar-refractivity contribution in [2.45, 2.75) is 37.9 Å². The molecular formula is C12H17N3O2S. The van der Waals surface area contributed by atoms with Crippen LogP contribution in [0.3, 0.4) is 0 Å². The van der Waals surface area contributed by atoms with E-state index in [1.54, 1.807) is 19.5 Å². The van der Waals surface area contributed by atoms with Crippen LogP contribution in [0, 0.1) is 0 Å². The molecule has 1 aromatic rings. The van der Waals surface area contributed by atoms with Gasteiger partial charge in [-0.05, 0) is 19.3 Å². The fourth-order valence-corrected chi connectivity index (χ4v) is 2.30. The molecule has 0 aliphatic heterocycles. The van der Waals surface area contributed by atoms with E-state index in [4.69, 9.17) is 27.4 Å². The van der Waals surface area contributed by atoms with Gasteiger partial charge in [0.05, 0.1) is 6.10 Å². The zero-order chi connectivity index (χ0) is 13.0. The van der Waals surface area contributed by atoms with Gasteiger partial charge in [0.2, 0.25) is 5.88 Å². The number of nitrogens with two attached hydrogens (primary N) is 1. The summed E-state index contributed by atoms with van der Waals surface area (Å²) >= 11 is 4.93. The molecule has 5 nitrogen and oxygen atoms in total. The fraction of sp³-hybridized carbons (Fsp3) is 0.583. The maximum atomic E-state index is 5.86. The summed E-state index contributed by atoms with van der Waals surface area (Å²) in [4.78, 5) is 8.46. The third kappa shape index (κ3) is 3.14. The van der Waals surface area contributed by atoms with Crippen molar-refractivity contribution in [1.82, 2.24) is 9.97 Å². The van der Waals surface area contributed by atoms with Crippen LogP contribution in [0.2, 0.25) is 0 Å². The monoisotopic (exact) mass is 267 g/mol. The second-order valence-electron chi connectivity index (χ2n) is 4.34. The van der Waals surface area contributed by atoms with Crippen molar-refractivity contribution in [3.63, 3.8) is 0 Å². The molecule has 6 heteroatoms. The molecule has 1 saturated carbocycles. The molecule has 98 valence electrons. The van der Waals surface area contributed by atoms with Gasteiger partial charge < -0.3 is 15.2 Å². The average molecular weight is 267 g/mol. The van der Waals surface area contributed by atoms with Crippen molar-refractivity contribution in [1.29, 1.82) is 0 Å². The Morgan fingerprint density at radius 3 is 2.78 bits per heavy atom. The number of rotatable bonds is 4. The number of hydrogen-bond donors (Lipinski definition) is 1. The highest BCUT2D eigenvalue weighted by Crippen LogP contribution is 2.25. The van der Waals surface area contributed by atoms with E-state index in [0.29, 0.717) is 11.6 Å². The quantitative estimate of drug-likeness (QED) is 0.833. The Kier molecular flexibility index (Phi) is 4.43. The molecule has 1 fully saturated rings. The summed E-state index contributed by atoms with van der Waals surface area (Å²) < 4.78 is 11.2. The molecule has 0 bridgehead atoms. The third-order valence-electron chi connectivity index (χ3n) is 3.09. The van der Waals surface area contributed by atoms with Crippen LogP contribution in [0.15, 0.2) is 12.4 Å². The van der Waals surface area contributed by atoms with E-state index in [1.807, 2.05) is 0 Å². The molecule has 18 heavy (non-hydrogen) atoms. The zero-order valence-corrected chi connectivity index (χ0v) is 11.2. The molecule has 0 spiro atoms. The molecular weight excluding hydrogens is 250 g/mol. The lowest BCUT2D eigenvalue weighted by molar-refractivity contribution is 0.0193. The first-order valence-corrected chi connectivity index (χ1v) is 6.41.